The van der Waals surface area contributed by atoms with Gasteiger partial charge in [0.05, 0.1) is 22.7 Å². The molecule has 0 aromatic heterocycles. The minimum absolute atomic E-state index is 0.100. The summed E-state index contributed by atoms with van der Waals surface area (Å²) in [6.45, 7) is 0.108. The van der Waals surface area contributed by atoms with Gasteiger partial charge in [0, 0.05) is 17.9 Å². The Hall–Kier alpha value is -2.48. The van der Waals surface area contributed by atoms with Gasteiger partial charge in [0.15, 0.2) is 0 Å². The number of thioether (sulfide) groups is 1. The van der Waals surface area contributed by atoms with Crippen molar-refractivity contribution in [1.29, 1.82) is 0 Å². The average molecular weight is 380 g/mol. The first-order valence-corrected chi connectivity index (χ1v) is 8.83. The van der Waals surface area contributed by atoms with Crippen LogP contribution in [0.2, 0.25) is 0 Å². The fourth-order valence-corrected chi connectivity index (χ4v) is 3.60. The summed E-state index contributed by atoms with van der Waals surface area (Å²) in [6.07, 6.45) is -4.65. The number of amides is 2. The summed E-state index contributed by atoms with van der Waals surface area (Å²) in [6, 6.07) is 12.1. The highest BCUT2D eigenvalue weighted by Crippen LogP contribution is 2.36. The van der Waals surface area contributed by atoms with Crippen LogP contribution in [-0.2, 0) is 15.8 Å². The van der Waals surface area contributed by atoms with Crippen molar-refractivity contribution in [3.05, 3.63) is 54.1 Å². The number of nitrogens with zero attached hydrogens (tertiary/aromatic N) is 1. The zero-order valence-electron chi connectivity index (χ0n) is 13.5. The Morgan fingerprint density at radius 2 is 1.81 bits per heavy atom. The predicted octanol–water partition coefficient (Wildman–Crippen LogP) is 4.17. The number of anilines is 2. The summed E-state index contributed by atoms with van der Waals surface area (Å²) >= 11 is 1.43. The normalized spacial score (nSPS) is 14.1. The van der Waals surface area contributed by atoms with Crippen LogP contribution in [0, 0.1) is 0 Å². The van der Waals surface area contributed by atoms with Crippen molar-refractivity contribution >= 4 is 35.0 Å². The van der Waals surface area contributed by atoms with Crippen LogP contribution in [0.3, 0.4) is 0 Å². The highest BCUT2D eigenvalue weighted by atomic mass is 32.2. The van der Waals surface area contributed by atoms with Gasteiger partial charge in [-0.2, -0.15) is 13.2 Å². The Labute approximate surface area is 152 Å². The maximum absolute atomic E-state index is 13.0. The maximum Gasteiger partial charge on any atom is 0.418 e. The van der Waals surface area contributed by atoms with Crippen molar-refractivity contribution in [2.24, 2.45) is 0 Å². The van der Waals surface area contributed by atoms with Gasteiger partial charge in [-0.15, -0.1) is 11.8 Å². The number of carbonyl (C=O) groups is 2. The van der Waals surface area contributed by atoms with Crippen LogP contribution in [0.15, 0.2) is 53.4 Å². The van der Waals surface area contributed by atoms with Gasteiger partial charge >= 0.3 is 6.18 Å². The van der Waals surface area contributed by atoms with Gasteiger partial charge < -0.3 is 10.2 Å². The first-order valence-electron chi connectivity index (χ1n) is 7.84. The molecule has 0 saturated carbocycles. The zero-order chi connectivity index (χ0) is 18.7. The molecule has 0 bridgehead atoms. The summed E-state index contributed by atoms with van der Waals surface area (Å²) < 4.78 is 39.0. The molecule has 2 aromatic rings. The first-order chi connectivity index (χ1) is 12.4. The van der Waals surface area contributed by atoms with E-state index in [1.807, 2.05) is 12.1 Å². The molecule has 1 N–H and O–H groups in total. The van der Waals surface area contributed by atoms with Crippen molar-refractivity contribution in [2.75, 3.05) is 22.5 Å². The number of rotatable bonds is 4. The number of hydrogen-bond acceptors (Lipinski definition) is 3. The molecule has 2 aromatic carbocycles. The molecule has 3 rings (SSSR count). The van der Waals surface area contributed by atoms with Gasteiger partial charge in [0.1, 0.15) is 0 Å². The van der Waals surface area contributed by atoms with E-state index >= 15 is 0 Å². The third kappa shape index (κ3) is 4.01. The maximum atomic E-state index is 13.0. The van der Waals surface area contributed by atoms with Gasteiger partial charge in [-0.3, -0.25) is 9.59 Å². The smallest absolute Gasteiger partial charge is 0.325 e. The largest absolute Gasteiger partial charge is 0.418 e. The first kappa shape index (κ1) is 18.3. The van der Waals surface area contributed by atoms with E-state index in [-0.39, 0.29) is 30.3 Å². The highest BCUT2D eigenvalue weighted by Gasteiger charge is 2.33. The Balaban J connectivity index is 1.68. The Bertz CT molecular complexity index is 839. The van der Waals surface area contributed by atoms with E-state index < -0.39 is 17.6 Å². The summed E-state index contributed by atoms with van der Waals surface area (Å²) in [5.41, 5.74) is -0.465. The Morgan fingerprint density at radius 1 is 1.12 bits per heavy atom. The minimum Gasteiger partial charge on any atom is -0.325 e. The number of halogens is 3. The van der Waals surface area contributed by atoms with Crippen molar-refractivity contribution in [2.45, 2.75) is 17.5 Å². The molecule has 0 atom stereocenters. The van der Waals surface area contributed by atoms with E-state index in [2.05, 4.69) is 5.32 Å². The van der Waals surface area contributed by atoms with Crippen LogP contribution in [0.1, 0.15) is 12.0 Å². The lowest BCUT2D eigenvalue weighted by Crippen LogP contribution is -2.37. The molecule has 4 nitrogen and oxygen atoms in total. The fourth-order valence-electron chi connectivity index (χ4n) is 2.66. The van der Waals surface area contributed by atoms with Gasteiger partial charge in [-0.25, -0.2) is 0 Å². The predicted molar refractivity (Wildman–Crippen MR) is 94.2 cm³/mol. The SMILES string of the molecule is O=C(CCN1C(=O)CSc2ccccc21)Nc1ccccc1C(F)(F)F. The lowest BCUT2D eigenvalue weighted by Gasteiger charge is -2.28. The fraction of sp³-hybridized carbons (Fsp3) is 0.222. The molecule has 136 valence electrons. The molecule has 0 spiro atoms. The quantitative estimate of drug-likeness (QED) is 0.866. The molecule has 0 unspecified atom stereocenters. The molecule has 1 aliphatic heterocycles. The van der Waals surface area contributed by atoms with Gasteiger partial charge in [0.25, 0.3) is 0 Å². The van der Waals surface area contributed by atoms with Crippen LogP contribution < -0.4 is 10.2 Å². The molecule has 0 aliphatic carbocycles. The third-order valence-corrected chi connectivity index (χ3v) is 4.92. The lowest BCUT2D eigenvalue weighted by atomic mass is 10.1. The summed E-state index contributed by atoms with van der Waals surface area (Å²) in [4.78, 5) is 26.7. The van der Waals surface area contributed by atoms with E-state index in [9.17, 15) is 22.8 Å². The molecule has 1 aliphatic rings. The molecular formula is C18H15F3N2O2S. The van der Waals surface area contributed by atoms with Crippen molar-refractivity contribution < 1.29 is 22.8 Å². The number of hydrogen-bond donors (Lipinski definition) is 1. The van der Waals surface area contributed by atoms with Gasteiger partial charge in [-0.05, 0) is 24.3 Å². The molecule has 0 saturated heterocycles. The van der Waals surface area contributed by atoms with Crippen LogP contribution in [0.5, 0.6) is 0 Å². The minimum atomic E-state index is -4.55. The zero-order valence-corrected chi connectivity index (χ0v) is 14.4. The number of carbonyl (C=O) groups excluding carboxylic acids is 2. The Kier molecular flexibility index (Phi) is 5.22. The Morgan fingerprint density at radius 3 is 2.58 bits per heavy atom. The van der Waals surface area contributed by atoms with Crippen molar-refractivity contribution in [3.63, 3.8) is 0 Å². The molecule has 0 fully saturated rings. The van der Waals surface area contributed by atoms with Crippen LogP contribution >= 0.6 is 11.8 Å². The standard InChI is InChI=1S/C18H15F3N2O2S/c19-18(20,21)12-5-1-2-6-13(12)22-16(24)9-10-23-14-7-3-4-8-15(14)26-11-17(23)25/h1-8H,9-11H2,(H,22,24). The topological polar surface area (TPSA) is 49.4 Å². The van der Waals surface area contributed by atoms with E-state index in [0.29, 0.717) is 0 Å². The van der Waals surface area contributed by atoms with Gasteiger partial charge in [-0.1, -0.05) is 24.3 Å². The number of benzene rings is 2. The van der Waals surface area contributed by atoms with E-state index in [4.69, 9.17) is 0 Å². The molecule has 8 heteroatoms. The summed E-state index contributed by atoms with van der Waals surface area (Å²) in [5, 5.41) is 2.29. The lowest BCUT2D eigenvalue weighted by molar-refractivity contribution is -0.137. The molecule has 2 amide bonds. The second kappa shape index (κ2) is 7.41. The van der Waals surface area contributed by atoms with E-state index in [0.717, 1.165) is 16.6 Å². The van der Waals surface area contributed by atoms with Gasteiger partial charge in [0.2, 0.25) is 11.8 Å². The number of para-hydroxylation sites is 2. The average Bonchev–Trinajstić information content (AvgIpc) is 2.60. The number of alkyl halides is 3. The molecule has 0 radical (unpaired) electrons. The number of nitrogens with one attached hydrogen (secondary N) is 1. The van der Waals surface area contributed by atoms with Crippen molar-refractivity contribution in [3.8, 4) is 0 Å². The van der Waals surface area contributed by atoms with Crippen LogP contribution in [-0.4, -0.2) is 24.1 Å². The molecule has 1 heterocycles. The van der Waals surface area contributed by atoms with Crippen LogP contribution in [0.25, 0.3) is 0 Å². The third-order valence-electron chi connectivity index (χ3n) is 3.88. The van der Waals surface area contributed by atoms with Crippen molar-refractivity contribution in [1.82, 2.24) is 0 Å². The van der Waals surface area contributed by atoms with E-state index in [1.54, 1.807) is 12.1 Å². The highest BCUT2D eigenvalue weighted by molar-refractivity contribution is 8.00. The summed E-state index contributed by atoms with van der Waals surface area (Å²) in [7, 11) is 0. The number of fused-ring (bicyclic) bond motifs is 1. The second-order valence-electron chi connectivity index (χ2n) is 5.64. The monoisotopic (exact) mass is 380 g/mol. The molecular weight excluding hydrogens is 365 g/mol. The summed E-state index contributed by atoms with van der Waals surface area (Å²) in [5.74, 6) is -0.433. The van der Waals surface area contributed by atoms with Crippen LogP contribution in [0.4, 0.5) is 24.5 Å². The second-order valence-corrected chi connectivity index (χ2v) is 6.66. The molecule has 26 heavy (non-hydrogen) atoms. The van der Waals surface area contributed by atoms with E-state index in [1.165, 1.54) is 34.9 Å².